The van der Waals surface area contributed by atoms with Crippen LogP contribution in [0.15, 0.2) is 30.3 Å². The Morgan fingerprint density at radius 3 is 2.29 bits per heavy atom. The Morgan fingerprint density at radius 2 is 1.67 bits per heavy atom. The molecule has 1 aromatic carbocycles. The monoisotopic (exact) mass is 326 g/mol. The number of anilines is 3. The third-order valence-electron chi connectivity index (χ3n) is 4.00. The van der Waals surface area contributed by atoms with Crippen molar-refractivity contribution >= 4 is 23.2 Å². The predicted octanol–water partition coefficient (Wildman–Crippen LogP) is 3.20. The van der Waals surface area contributed by atoms with Crippen LogP contribution >= 0.6 is 0 Å². The van der Waals surface area contributed by atoms with Crippen molar-refractivity contribution in [1.29, 1.82) is 0 Å². The molecule has 0 bridgehead atoms. The number of carbonyl (C=O) groups excluding carboxylic acids is 1. The molecule has 0 spiro atoms. The van der Waals surface area contributed by atoms with E-state index >= 15 is 0 Å². The second-order valence-electron chi connectivity index (χ2n) is 6.18. The summed E-state index contributed by atoms with van der Waals surface area (Å²) in [6.07, 6.45) is 1.51. The maximum atomic E-state index is 12.2. The molecule has 0 radical (unpaired) electrons. The standard InChI is InChI=1S/C18H22N4O2/c1-12-9-13(2)11-15(10-12)19-16-3-4-17(22-21-16)20-18(23)14-5-7-24-8-6-14/h3-4,9-11,14H,5-8H2,1-2H3,(H,19,21)(H,20,22,23). The summed E-state index contributed by atoms with van der Waals surface area (Å²) in [5, 5.41) is 14.3. The van der Waals surface area contributed by atoms with Gasteiger partial charge < -0.3 is 15.4 Å². The first-order valence-electron chi connectivity index (χ1n) is 8.18. The van der Waals surface area contributed by atoms with E-state index in [9.17, 15) is 4.79 Å². The molecule has 6 nitrogen and oxygen atoms in total. The fourth-order valence-electron chi connectivity index (χ4n) is 2.85. The van der Waals surface area contributed by atoms with Crippen molar-refractivity contribution in [1.82, 2.24) is 10.2 Å². The highest BCUT2D eigenvalue weighted by Crippen LogP contribution is 2.19. The van der Waals surface area contributed by atoms with Gasteiger partial charge in [0.25, 0.3) is 0 Å². The Kier molecular flexibility index (Phi) is 5.05. The summed E-state index contributed by atoms with van der Waals surface area (Å²) >= 11 is 0. The van der Waals surface area contributed by atoms with Crippen LogP contribution in [-0.4, -0.2) is 29.3 Å². The molecular formula is C18H22N4O2. The highest BCUT2D eigenvalue weighted by molar-refractivity contribution is 5.91. The first-order valence-corrected chi connectivity index (χ1v) is 8.18. The third kappa shape index (κ3) is 4.29. The van der Waals surface area contributed by atoms with Gasteiger partial charge in [-0.2, -0.15) is 0 Å². The minimum absolute atomic E-state index is 0.00591. The average Bonchev–Trinajstić information content (AvgIpc) is 2.56. The summed E-state index contributed by atoms with van der Waals surface area (Å²) in [4.78, 5) is 12.2. The molecule has 0 unspecified atom stereocenters. The average molecular weight is 326 g/mol. The molecule has 3 rings (SSSR count). The molecule has 1 saturated heterocycles. The zero-order chi connectivity index (χ0) is 16.9. The van der Waals surface area contributed by atoms with Gasteiger partial charge in [0.15, 0.2) is 11.6 Å². The van der Waals surface area contributed by atoms with E-state index in [1.165, 1.54) is 11.1 Å². The lowest BCUT2D eigenvalue weighted by Gasteiger charge is -2.20. The van der Waals surface area contributed by atoms with Gasteiger partial charge in [0.2, 0.25) is 5.91 Å². The molecule has 0 atom stereocenters. The van der Waals surface area contributed by atoms with Gasteiger partial charge in [-0.3, -0.25) is 4.79 Å². The molecule has 1 amide bonds. The molecule has 24 heavy (non-hydrogen) atoms. The Hall–Kier alpha value is -2.47. The highest BCUT2D eigenvalue weighted by atomic mass is 16.5. The maximum absolute atomic E-state index is 12.2. The molecule has 0 aliphatic carbocycles. The lowest BCUT2D eigenvalue weighted by molar-refractivity contribution is -0.122. The lowest BCUT2D eigenvalue weighted by atomic mass is 9.99. The van der Waals surface area contributed by atoms with Crippen molar-refractivity contribution in [2.45, 2.75) is 26.7 Å². The van der Waals surface area contributed by atoms with E-state index in [4.69, 9.17) is 4.74 Å². The van der Waals surface area contributed by atoms with Crippen LogP contribution in [0.3, 0.4) is 0 Å². The lowest BCUT2D eigenvalue weighted by Crippen LogP contribution is -2.28. The Balaban J connectivity index is 1.61. The molecule has 0 saturated carbocycles. The smallest absolute Gasteiger partial charge is 0.228 e. The number of carbonyl (C=O) groups is 1. The third-order valence-corrected chi connectivity index (χ3v) is 4.00. The first-order chi connectivity index (χ1) is 11.6. The fourth-order valence-corrected chi connectivity index (χ4v) is 2.85. The van der Waals surface area contributed by atoms with Gasteiger partial charge in [0, 0.05) is 24.8 Å². The Bertz CT molecular complexity index is 689. The molecule has 126 valence electrons. The van der Waals surface area contributed by atoms with Gasteiger partial charge >= 0.3 is 0 Å². The summed E-state index contributed by atoms with van der Waals surface area (Å²) in [5.74, 6) is 1.10. The maximum Gasteiger partial charge on any atom is 0.228 e. The van der Waals surface area contributed by atoms with Crippen LogP contribution < -0.4 is 10.6 Å². The SMILES string of the molecule is Cc1cc(C)cc(Nc2ccc(NC(=O)C3CCOCC3)nn2)c1. The van der Waals surface area contributed by atoms with Crippen LogP contribution in [0, 0.1) is 19.8 Å². The summed E-state index contributed by atoms with van der Waals surface area (Å²) < 4.78 is 5.27. The quantitative estimate of drug-likeness (QED) is 0.902. The number of ether oxygens (including phenoxy) is 1. The first kappa shape index (κ1) is 16.4. The minimum atomic E-state index is -0.0115. The van der Waals surface area contributed by atoms with Gasteiger partial charge in [0.1, 0.15) is 0 Å². The van der Waals surface area contributed by atoms with E-state index in [1.54, 1.807) is 6.07 Å². The number of aromatic nitrogens is 2. The minimum Gasteiger partial charge on any atom is -0.381 e. The van der Waals surface area contributed by atoms with Crippen molar-refractivity contribution in [3.05, 3.63) is 41.5 Å². The van der Waals surface area contributed by atoms with E-state index < -0.39 is 0 Å². The van der Waals surface area contributed by atoms with Gasteiger partial charge in [0.05, 0.1) is 0 Å². The Morgan fingerprint density at radius 1 is 1.04 bits per heavy atom. The second-order valence-corrected chi connectivity index (χ2v) is 6.18. The number of benzene rings is 1. The molecule has 2 aromatic rings. The predicted molar refractivity (Wildman–Crippen MR) is 93.4 cm³/mol. The normalized spacial score (nSPS) is 15.1. The highest BCUT2D eigenvalue weighted by Gasteiger charge is 2.21. The Labute approximate surface area is 141 Å². The van der Waals surface area contributed by atoms with Crippen LogP contribution in [0.2, 0.25) is 0 Å². The van der Waals surface area contributed by atoms with Crippen molar-refractivity contribution < 1.29 is 9.53 Å². The fraction of sp³-hybridized carbons (Fsp3) is 0.389. The van der Waals surface area contributed by atoms with Gasteiger partial charge in [-0.15, -0.1) is 10.2 Å². The van der Waals surface area contributed by atoms with E-state index in [0.717, 1.165) is 18.5 Å². The zero-order valence-corrected chi connectivity index (χ0v) is 14.0. The van der Waals surface area contributed by atoms with E-state index in [0.29, 0.717) is 24.8 Å². The molecule has 6 heteroatoms. The van der Waals surface area contributed by atoms with Crippen LogP contribution in [0.4, 0.5) is 17.3 Å². The number of nitrogens with one attached hydrogen (secondary N) is 2. The second kappa shape index (κ2) is 7.40. The molecule has 1 aromatic heterocycles. The number of amides is 1. The number of aryl methyl sites for hydroxylation is 2. The van der Waals surface area contributed by atoms with Crippen molar-refractivity contribution in [2.75, 3.05) is 23.8 Å². The molecule has 2 heterocycles. The van der Waals surface area contributed by atoms with E-state index in [1.807, 2.05) is 6.07 Å². The van der Waals surface area contributed by atoms with Crippen molar-refractivity contribution in [3.63, 3.8) is 0 Å². The molecular weight excluding hydrogens is 304 g/mol. The van der Waals surface area contributed by atoms with Crippen LogP contribution in [0.1, 0.15) is 24.0 Å². The topological polar surface area (TPSA) is 76.1 Å². The molecule has 1 aliphatic rings. The molecule has 2 N–H and O–H groups in total. The number of hydrogen-bond acceptors (Lipinski definition) is 5. The van der Waals surface area contributed by atoms with Crippen LogP contribution in [0.25, 0.3) is 0 Å². The van der Waals surface area contributed by atoms with Crippen LogP contribution in [0.5, 0.6) is 0 Å². The van der Waals surface area contributed by atoms with Crippen molar-refractivity contribution in [3.8, 4) is 0 Å². The van der Waals surface area contributed by atoms with Crippen LogP contribution in [-0.2, 0) is 9.53 Å². The number of rotatable bonds is 4. The van der Waals surface area contributed by atoms with Gasteiger partial charge in [-0.05, 0) is 62.1 Å². The van der Waals surface area contributed by atoms with Crippen molar-refractivity contribution in [2.24, 2.45) is 5.92 Å². The van der Waals surface area contributed by atoms with Gasteiger partial charge in [-0.25, -0.2) is 0 Å². The summed E-state index contributed by atoms with van der Waals surface area (Å²) in [7, 11) is 0. The zero-order valence-electron chi connectivity index (χ0n) is 14.0. The number of hydrogen-bond donors (Lipinski definition) is 2. The molecule has 1 fully saturated rings. The summed E-state index contributed by atoms with van der Waals surface area (Å²) in [6, 6.07) is 9.79. The summed E-state index contributed by atoms with van der Waals surface area (Å²) in [6.45, 7) is 5.39. The van der Waals surface area contributed by atoms with Gasteiger partial charge in [-0.1, -0.05) is 6.07 Å². The van der Waals surface area contributed by atoms with E-state index in [2.05, 4.69) is 52.9 Å². The van der Waals surface area contributed by atoms with E-state index in [-0.39, 0.29) is 11.8 Å². The molecule has 1 aliphatic heterocycles. The largest absolute Gasteiger partial charge is 0.381 e. The summed E-state index contributed by atoms with van der Waals surface area (Å²) in [5.41, 5.74) is 3.34. The number of nitrogens with zero attached hydrogens (tertiary/aromatic N) is 2.